The van der Waals surface area contributed by atoms with E-state index in [0.29, 0.717) is 33.8 Å². The molecule has 0 saturated heterocycles. The highest BCUT2D eigenvalue weighted by atomic mass is 16.5. The number of carboxylic acid groups (broad SMARTS) is 1. The summed E-state index contributed by atoms with van der Waals surface area (Å²) in [6.07, 6.45) is 0. The molecular weight excluding hydrogens is 350 g/mol. The number of aromatic nitrogens is 2. The largest absolute Gasteiger partial charge is 0.482 e. The van der Waals surface area contributed by atoms with Crippen LogP contribution in [0.2, 0.25) is 0 Å². The van der Waals surface area contributed by atoms with Crippen LogP contribution in [0.1, 0.15) is 41.5 Å². The van der Waals surface area contributed by atoms with Crippen LogP contribution in [0.15, 0.2) is 34.9 Å². The lowest BCUT2D eigenvalue weighted by atomic mass is 10.0. The third-order valence-electron chi connectivity index (χ3n) is 3.93. The van der Waals surface area contributed by atoms with Gasteiger partial charge in [-0.2, -0.15) is 0 Å². The molecule has 0 spiro atoms. The number of nitrogens with one attached hydrogen (secondary N) is 1. The van der Waals surface area contributed by atoms with E-state index in [0.717, 1.165) is 5.69 Å². The minimum absolute atomic E-state index is 0.110. The molecule has 3 rings (SSSR count). The van der Waals surface area contributed by atoms with Gasteiger partial charge >= 0.3 is 5.97 Å². The summed E-state index contributed by atoms with van der Waals surface area (Å²) in [5.41, 5.74) is 2.52. The lowest BCUT2D eigenvalue weighted by Gasteiger charge is -2.11. The molecule has 0 fully saturated rings. The van der Waals surface area contributed by atoms with Gasteiger partial charge in [-0.3, -0.25) is 4.79 Å². The molecule has 27 heavy (non-hydrogen) atoms. The molecule has 140 valence electrons. The average Bonchev–Trinajstić information content (AvgIpc) is 3.00. The zero-order valence-corrected chi connectivity index (χ0v) is 15.1. The number of ether oxygens (including phenoxy) is 1. The lowest BCUT2D eigenvalue weighted by molar-refractivity contribution is -0.139. The van der Waals surface area contributed by atoms with Gasteiger partial charge in [0.2, 0.25) is 0 Å². The highest BCUT2D eigenvalue weighted by Crippen LogP contribution is 2.26. The Bertz CT molecular complexity index is 1010. The molecule has 0 saturated carbocycles. The van der Waals surface area contributed by atoms with Crippen molar-refractivity contribution < 1.29 is 24.0 Å². The number of fused-ring (bicyclic) bond motifs is 1. The highest BCUT2D eigenvalue weighted by Gasteiger charge is 2.20. The summed E-state index contributed by atoms with van der Waals surface area (Å²) >= 11 is 0. The zero-order valence-electron chi connectivity index (χ0n) is 15.1. The predicted molar refractivity (Wildman–Crippen MR) is 98.2 cm³/mol. The van der Waals surface area contributed by atoms with Gasteiger partial charge in [-0.15, -0.1) is 0 Å². The highest BCUT2D eigenvalue weighted by molar-refractivity contribution is 6.12. The second kappa shape index (κ2) is 7.45. The van der Waals surface area contributed by atoms with Gasteiger partial charge in [0.15, 0.2) is 6.61 Å². The molecule has 8 heteroatoms. The molecule has 8 nitrogen and oxygen atoms in total. The Labute approximate surface area is 155 Å². The number of aliphatic carboxylic acids is 1. The maximum Gasteiger partial charge on any atom is 0.341 e. The number of carbonyl (C=O) groups excluding carboxylic acids is 1. The summed E-state index contributed by atoms with van der Waals surface area (Å²) in [4.78, 5) is 27.9. The molecule has 3 aromatic rings. The first-order valence-electron chi connectivity index (χ1n) is 8.38. The van der Waals surface area contributed by atoms with E-state index < -0.39 is 12.6 Å². The van der Waals surface area contributed by atoms with E-state index in [2.05, 4.69) is 15.5 Å². The van der Waals surface area contributed by atoms with Gasteiger partial charge in [-0.25, -0.2) is 9.78 Å². The first kappa shape index (κ1) is 18.4. The molecule has 0 aliphatic heterocycles. The number of anilines is 1. The SMILES string of the molecule is Cc1noc2nc(C(C)C)cc(C(=O)Nc3cccc(OCC(=O)O)c3)c12. The van der Waals surface area contributed by atoms with Crippen LogP contribution >= 0.6 is 0 Å². The van der Waals surface area contributed by atoms with Gasteiger partial charge in [0.25, 0.3) is 11.6 Å². The summed E-state index contributed by atoms with van der Waals surface area (Å²) in [7, 11) is 0. The van der Waals surface area contributed by atoms with E-state index in [1.807, 2.05) is 13.8 Å². The van der Waals surface area contributed by atoms with Crippen molar-refractivity contribution in [1.82, 2.24) is 10.1 Å². The maximum atomic E-state index is 12.9. The Hall–Kier alpha value is -3.42. The van der Waals surface area contributed by atoms with Crippen molar-refractivity contribution in [2.45, 2.75) is 26.7 Å². The predicted octanol–water partition coefficient (Wildman–Crippen LogP) is 3.37. The second-order valence-electron chi connectivity index (χ2n) is 6.36. The summed E-state index contributed by atoms with van der Waals surface area (Å²) in [5.74, 6) is -0.961. The Balaban J connectivity index is 1.91. The first-order valence-corrected chi connectivity index (χ1v) is 8.38. The molecule has 1 aromatic carbocycles. The summed E-state index contributed by atoms with van der Waals surface area (Å²) in [6.45, 7) is 5.24. The van der Waals surface area contributed by atoms with Gasteiger partial charge in [-0.05, 0) is 31.0 Å². The van der Waals surface area contributed by atoms with Crippen molar-refractivity contribution in [2.24, 2.45) is 0 Å². The molecule has 2 N–H and O–H groups in total. The minimum Gasteiger partial charge on any atom is -0.482 e. The Morgan fingerprint density at radius 2 is 2.07 bits per heavy atom. The van der Waals surface area contributed by atoms with Crippen molar-refractivity contribution in [3.05, 3.63) is 47.3 Å². The smallest absolute Gasteiger partial charge is 0.341 e. The van der Waals surface area contributed by atoms with Gasteiger partial charge in [0.05, 0.1) is 16.6 Å². The molecule has 0 aliphatic rings. The van der Waals surface area contributed by atoms with Crippen molar-refractivity contribution in [3.63, 3.8) is 0 Å². The fourth-order valence-electron chi connectivity index (χ4n) is 2.60. The average molecular weight is 369 g/mol. The topological polar surface area (TPSA) is 115 Å². The molecular formula is C19H19N3O5. The van der Waals surface area contributed by atoms with Crippen LogP contribution in [0.4, 0.5) is 5.69 Å². The number of amides is 1. The van der Waals surface area contributed by atoms with Crippen LogP contribution in [0.3, 0.4) is 0 Å². The summed E-state index contributed by atoms with van der Waals surface area (Å²) < 4.78 is 10.4. The summed E-state index contributed by atoms with van der Waals surface area (Å²) in [6, 6.07) is 8.26. The molecule has 0 bridgehead atoms. The quantitative estimate of drug-likeness (QED) is 0.684. The molecule has 0 unspecified atom stereocenters. The fraction of sp³-hybridized carbons (Fsp3) is 0.263. The van der Waals surface area contributed by atoms with E-state index >= 15 is 0 Å². The monoisotopic (exact) mass is 369 g/mol. The number of benzene rings is 1. The third-order valence-corrected chi connectivity index (χ3v) is 3.93. The number of pyridine rings is 1. The van der Waals surface area contributed by atoms with Crippen molar-refractivity contribution >= 4 is 28.7 Å². The maximum absolute atomic E-state index is 12.9. The molecule has 2 heterocycles. The van der Waals surface area contributed by atoms with Crippen molar-refractivity contribution in [2.75, 3.05) is 11.9 Å². The number of carboxylic acids is 1. The molecule has 1 amide bonds. The number of hydrogen-bond donors (Lipinski definition) is 2. The van der Waals surface area contributed by atoms with E-state index in [4.69, 9.17) is 14.4 Å². The Morgan fingerprint density at radius 3 is 2.78 bits per heavy atom. The minimum atomic E-state index is -1.08. The van der Waals surface area contributed by atoms with Crippen LogP contribution in [0.5, 0.6) is 5.75 Å². The normalized spacial score (nSPS) is 11.0. The molecule has 0 atom stereocenters. The van der Waals surface area contributed by atoms with Gasteiger partial charge in [0, 0.05) is 17.4 Å². The van der Waals surface area contributed by atoms with E-state index in [9.17, 15) is 9.59 Å². The van der Waals surface area contributed by atoms with E-state index in [-0.39, 0.29) is 11.8 Å². The Kier molecular flexibility index (Phi) is 5.07. The number of rotatable bonds is 6. The molecule has 2 aromatic heterocycles. The van der Waals surface area contributed by atoms with Crippen LogP contribution in [-0.2, 0) is 4.79 Å². The number of nitrogens with zero attached hydrogens (tertiary/aromatic N) is 2. The van der Waals surface area contributed by atoms with E-state index in [1.165, 1.54) is 0 Å². The lowest BCUT2D eigenvalue weighted by Crippen LogP contribution is -2.14. The van der Waals surface area contributed by atoms with Crippen molar-refractivity contribution in [1.29, 1.82) is 0 Å². The van der Waals surface area contributed by atoms with E-state index in [1.54, 1.807) is 37.3 Å². The number of aryl methyl sites for hydroxylation is 1. The molecule has 0 aliphatic carbocycles. The van der Waals surface area contributed by atoms with Gasteiger partial charge in [-0.1, -0.05) is 25.1 Å². The van der Waals surface area contributed by atoms with Gasteiger partial charge in [0.1, 0.15) is 5.75 Å². The second-order valence-corrected chi connectivity index (χ2v) is 6.36. The van der Waals surface area contributed by atoms with Crippen LogP contribution < -0.4 is 10.1 Å². The fourth-order valence-corrected chi connectivity index (χ4v) is 2.60. The number of hydrogen-bond acceptors (Lipinski definition) is 6. The van der Waals surface area contributed by atoms with Crippen LogP contribution in [-0.4, -0.2) is 33.7 Å². The van der Waals surface area contributed by atoms with Crippen LogP contribution in [0, 0.1) is 6.92 Å². The van der Waals surface area contributed by atoms with Crippen LogP contribution in [0.25, 0.3) is 11.1 Å². The molecule has 0 radical (unpaired) electrons. The van der Waals surface area contributed by atoms with Crippen molar-refractivity contribution in [3.8, 4) is 5.75 Å². The Morgan fingerprint density at radius 1 is 1.30 bits per heavy atom. The first-order chi connectivity index (χ1) is 12.8. The number of carbonyl (C=O) groups is 2. The third kappa shape index (κ3) is 4.05. The summed E-state index contributed by atoms with van der Waals surface area (Å²) in [5, 5.41) is 16.0. The standard InChI is InChI=1S/C19H19N3O5/c1-10(2)15-8-14(17-11(3)22-27-19(17)21-15)18(25)20-12-5-4-6-13(7-12)26-9-16(23)24/h4-8,10H,9H2,1-3H3,(H,20,25)(H,23,24). The van der Waals surface area contributed by atoms with Gasteiger partial charge < -0.3 is 19.7 Å². The zero-order chi connectivity index (χ0) is 19.6.